The summed E-state index contributed by atoms with van der Waals surface area (Å²) in [7, 11) is 0. The van der Waals surface area contributed by atoms with Gasteiger partial charge in [0.2, 0.25) is 5.91 Å². The van der Waals surface area contributed by atoms with Gasteiger partial charge in [0.25, 0.3) is 0 Å². The Morgan fingerprint density at radius 1 is 1.00 bits per heavy atom. The molecule has 0 saturated carbocycles. The third-order valence-corrected chi connectivity index (χ3v) is 5.30. The van der Waals surface area contributed by atoms with Gasteiger partial charge in [0.05, 0.1) is 6.04 Å². The van der Waals surface area contributed by atoms with Gasteiger partial charge in [-0.2, -0.15) is 0 Å². The van der Waals surface area contributed by atoms with Crippen molar-refractivity contribution in [3.05, 3.63) is 0 Å². The SMILES string of the molecule is CC1CCCC(C(=O)N2CCC(N3CCCCC3)C2)N1. The highest BCUT2D eigenvalue weighted by molar-refractivity contribution is 5.82. The zero-order chi connectivity index (χ0) is 13.9. The van der Waals surface area contributed by atoms with E-state index in [4.69, 9.17) is 0 Å². The fourth-order valence-corrected chi connectivity index (χ4v) is 4.08. The maximum absolute atomic E-state index is 12.6. The Labute approximate surface area is 122 Å². The first-order chi connectivity index (χ1) is 9.74. The second kappa shape index (κ2) is 6.44. The van der Waals surface area contributed by atoms with Gasteiger partial charge in [-0.1, -0.05) is 6.42 Å². The summed E-state index contributed by atoms with van der Waals surface area (Å²) in [5.41, 5.74) is 0. The van der Waals surface area contributed by atoms with Crippen molar-refractivity contribution >= 4 is 5.91 Å². The second-order valence-corrected chi connectivity index (χ2v) is 6.87. The molecule has 114 valence electrons. The van der Waals surface area contributed by atoms with E-state index in [-0.39, 0.29) is 6.04 Å². The number of nitrogens with zero attached hydrogens (tertiary/aromatic N) is 2. The number of piperidine rings is 2. The van der Waals surface area contributed by atoms with Crippen LogP contribution in [0.4, 0.5) is 0 Å². The first-order valence-electron chi connectivity index (χ1n) is 8.53. The topological polar surface area (TPSA) is 35.6 Å². The summed E-state index contributed by atoms with van der Waals surface area (Å²) < 4.78 is 0. The summed E-state index contributed by atoms with van der Waals surface area (Å²) in [4.78, 5) is 17.4. The molecule has 3 fully saturated rings. The fourth-order valence-electron chi connectivity index (χ4n) is 4.08. The molecule has 0 radical (unpaired) electrons. The Balaban J connectivity index is 1.52. The van der Waals surface area contributed by atoms with E-state index in [1.54, 1.807) is 0 Å². The number of rotatable bonds is 2. The molecule has 3 aliphatic heterocycles. The third-order valence-electron chi connectivity index (χ3n) is 5.30. The highest BCUT2D eigenvalue weighted by Crippen LogP contribution is 2.22. The molecule has 3 rings (SSSR count). The molecule has 4 heteroatoms. The van der Waals surface area contributed by atoms with Crippen molar-refractivity contribution in [2.24, 2.45) is 0 Å². The van der Waals surface area contributed by atoms with Crippen LogP contribution in [0.3, 0.4) is 0 Å². The lowest BCUT2D eigenvalue weighted by Gasteiger charge is -2.33. The first-order valence-corrected chi connectivity index (χ1v) is 8.53. The van der Waals surface area contributed by atoms with Crippen molar-refractivity contribution in [2.45, 2.75) is 70.0 Å². The van der Waals surface area contributed by atoms with Crippen molar-refractivity contribution in [3.8, 4) is 0 Å². The molecule has 0 aliphatic carbocycles. The van der Waals surface area contributed by atoms with E-state index in [1.807, 2.05) is 0 Å². The van der Waals surface area contributed by atoms with Crippen LogP contribution in [-0.4, -0.2) is 60.0 Å². The van der Waals surface area contributed by atoms with Crippen molar-refractivity contribution in [1.29, 1.82) is 0 Å². The number of hydrogen-bond acceptors (Lipinski definition) is 3. The van der Waals surface area contributed by atoms with Gasteiger partial charge < -0.3 is 10.2 Å². The van der Waals surface area contributed by atoms with E-state index >= 15 is 0 Å². The number of hydrogen-bond donors (Lipinski definition) is 1. The zero-order valence-corrected chi connectivity index (χ0v) is 12.8. The van der Waals surface area contributed by atoms with Crippen molar-refractivity contribution in [1.82, 2.24) is 15.1 Å². The van der Waals surface area contributed by atoms with Crippen LogP contribution in [0.5, 0.6) is 0 Å². The molecule has 1 amide bonds. The van der Waals surface area contributed by atoms with E-state index < -0.39 is 0 Å². The van der Waals surface area contributed by atoms with Crippen molar-refractivity contribution < 1.29 is 4.79 Å². The van der Waals surface area contributed by atoms with Crippen LogP contribution in [0, 0.1) is 0 Å². The average Bonchev–Trinajstić information content (AvgIpc) is 2.97. The molecule has 3 saturated heterocycles. The molecule has 1 N–H and O–H groups in total. The number of carbonyl (C=O) groups excluding carboxylic acids is 1. The van der Waals surface area contributed by atoms with Gasteiger partial charge in [0.15, 0.2) is 0 Å². The standard InChI is InChI=1S/C16H29N3O/c1-13-6-5-7-15(17-13)16(20)19-11-8-14(12-19)18-9-3-2-4-10-18/h13-15,17H,2-12H2,1H3. The third kappa shape index (κ3) is 3.17. The van der Waals surface area contributed by atoms with Gasteiger partial charge in [0, 0.05) is 25.2 Å². The van der Waals surface area contributed by atoms with Crippen molar-refractivity contribution in [3.63, 3.8) is 0 Å². The highest BCUT2D eigenvalue weighted by Gasteiger charge is 2.34. The summed E-state index contributed by atoms with van der Waals surface area (Å²) in [6.07, 6.45) is 8.66. The molecule has 20 heavy (non-hydrogen) atoms. The minimum absolute atomic E-state index is 0.0823. The fraction of sp³-hybridized carbons (Fsp3) is 0.938. The number of nitrogens with one attached hydrogen (secondary N) is 1. The lowest BCUT2D eigenvalue weighted by Crippen LogP contribution is -2.51. The summed E-state index contributed by atoms with van der Waals surface area (Å²) in [6, 6.07) is 1.21. The molecule has 0 aromatic heterocycles. The molecule has 0 bridgehead atoms. The normalized spacial score (nSPS) is 36.2. The van der Waals surface area contributed by atoms with Crippen LogP contribution in [0.1, 0.15) is 51.9 Å². The minimum atomic E-state index is 0.0823. The number of likely N-dealkylation sites (tertiary alicyclic amines) is 2. The van der Waals surface area contributed by atoms with Gasteiger partial charge >= 0.3 is 0 Å². The smallest absolute Gasteiger partial charge is 0.239 e. The Morgan fingerprint density at radius 2 is 1.80 bits per heavy atom. The molecule has 3 aliphatic rings. The van der Waals surface area contributed by atoms with Crippen molar-refractivity contribution in [2.75, 3.05) is 26.2 Å². The molecule has 3 heterocycles. The molecule has 0 spiro atoms. The van der Waals surface area contributed by atoms with E-state index in [1.165, 1.54) is 51.6 Å². The summed E-state index contributed by atoms with van der Waals surface area (Å²) >= 11 is 0. The van der Waals surface area contributed by atoms with Crippen LogP contribution in [-0.2, 0) is 4.79 Å². The lowest BCUT2D eigenvalue weighted by atomic mass is 9.99. The van der Waals surface area contributed by atoms with Crippen LogP contribution in [0.2, 0.25) is 0 Å². The summed E-state index contributed by atoms with van der Waals surface area (Å²) in [6.45, 7) is 6.61. The molecule has 3 atom stereocenters. The molecule has 3 unspecified atom stereocenters. The van der Waals surface area contributed by atoms with E-state index in [0.717, 1.165) is 19.5 Å². The maximum atomic E-state index is 12.6. The molecule has 0 aromatic carbocycles. The van der Waals surface area contributed by atoms with Crippen LogP contribution in [0.25, 0.3) is 0 Å². The van der Waals surface area contributed by atoms with E-state index in [0.29, 0.717) is 18.0 Å². The minimum Gasteiger partial charge on any atom is -0.340 e. The zero-order valence-electron chi connectivity index (χ0n) is 12.8. The maximum Gasteiger partial charge on any atom is 0.239 e. The molecule has 0 aromatic rings. The summed E-state index contributed by atoms with van der Waals surface area (Å²) in [5.74, 6) is 0.357. The largest absolute Gasteiger partial charge is 0.340 e. The van der Waals surface area contributed by atoms with Gasteiger partial charge in [-0.15, -0.1) is 0 Å². The van der Waals surface area contributed by atoms with Gasteiger partial charge in [-0.25, -0.2) is 0 Å². The van der Waals surface area contributed by atoms with E-state index in [2.05, 4.69) is 22.0 Å². The Morgan fingerprint density at radius 3 is 2.55 bits per heavy atom. The first kappa shape index (κ1) is 14.3. The van der Waals surface area contributed by atoms with E-state index in [9.17, 15) is 4.79 Å². The lowest BCUT2D eigenvalue weighted by molar-refractivity contribution is -0.133. The summed E-state index contributed by atoms with van der Waals surface area (Å²) in [5, 5.41) is 3.48. The molecular formula is C16H29N3O. The Hall–Kier alpha value is -0.610. The molecule has 4 nitrogen and oxygen atoms in total. The van der Waals surface area contributed by atoms with Gasteiger partial charge in [-0.05, 0) is 58.5 Å². The predicted octanol–water partition coefficient (Wildman–Crippen LogP) is 1.60. The Bertz CT molecular complexity index is 341. The quantitative estimate of drug-likeness (QED) is 0.834. The van der Waals surface area contributed by atoms with Crippen LogP contribution in [0.15, 0.2) is 0 Å². The Kier molecular flexibility index (Phi) is 4.61. The second-order valence-electron chi connectivity index (χ2n) is 6.87. The molecular weight excluding hydrogens is 250 g/mol. The number of amides is 1. The number of carbonyl (C=O) groups is 1. The van der Waals surface area contributed by atoms with Crippen LogP contribution < -0.4 is 5.32 Å². The van der Waals surface area contributed by atoms with Gasteiger partial charge in [0.1, 0.15) is 0 Å². The van der Waals surface area contributed by atoms with Gasteiger partial charge in [-0.3, -0.25) is 9.69 Å². The predicted molar refractivity (Wildman–Crippen MR) is 80.6 cm³/mol. The monoisotopic (exact) mass is 279 g/mol. The van der Waals surface area contributed by atoms with Crippen LogP contribution >= 0.6 is 0 Å². The average molecular weight is 279 g/mol. The highest BCUT2D eigenvalue weighted by atomic mass is 16.2.